The summed E-state index contributed by atoms with van der Waals surface area (Å²) >= 11 is 3.31. The van der Waals surface area contributed by atoms with Gasteiger partial charge in [-0.3, -0.25) is 0 Å². The third kappa shape index (κ3) is 3.52. The summed E-state index contributed by atoms with van der Waals surface area (Å²) in [6.07, 6.45) is 0. The summed E-state index contributed by atoms with van der Waals surface area (Å²) in [5.41, 5.74) is 0.989. The molecule has 0 unspecified atom stereocenters. The fraction of sp³-hybridized carbons (Fsp3) is 0.250. The summed E-state index contributed by atoms with van der Waals surface area (Å²) in [5, 5.41) is 9.34. The molecule has 122 valence electrons. The van der Waals surface area contributed by atoms with Crippen LogP contribution in [-0.2, 0) is 10.0 Å². The van der Waals surface area contributed by atoms with Crippen LogP contribution in [-0.4, -0.2) is 44.0 Å². The van der Waals surface area contributed by atoms with Crippen LogP contribution >= 0.6 is 15.9 Å². The van der Waals surface area contributed by atoms with E-state index in [1.165, 1.54) is 4.31 Å². The minimum Gasteiger partial charge on any atom is -0.508 e. The normalized spacial score (nSPS) is 16.5. The maximum absolute atomic E-state index is 12.6. The van der Waals surface area contributed by atoms with Crippen LogP contribution in [0.2, 0.25) is 0 Å². The second kappa shape index (κ2) is 6.51. The van der Waals surface area contributed by atoms with Crippen LogP contribution in [0.5, 0.6) is 5.75 Å². The Kier molecular flexibility index (Phi) is 4.61. The van der Waals surface area contributed by atoms with Crippen LogP contribution in [0.4, 0.5) is 5.69 Å². The van der Waals surface area contributed by atoms with Crippen molar-refractivity contribution in [2.75, 3.05) is 31.1 Å². The molecule has 1 saturated heterocycles. The number of aromatic hydroxyl groups is 1. The molecule has 1 aliphatic rings. The highest BCUT2D eigenvalue weighted by atomic mass is 79.9. The molecule has 1 heterocycles. The summed E-state index contributed by atoms with van der Waals surface area (Å²) in [6, 6.07) is 13.7. The lowest BCUT2D eigenvalue weighted by atomic mass is 10.2. The molecule has 1 fully saturated rings. The maximum atomic E-state index is 12.6. The zero-order valence-electron chi connectivity index (χ0n) is 12.4. The molecule has 0 spiro atoms. The van der Waals surface area contributed by atoms with Crippen molar-refractivity contribution < 1.29 is 13.5 Å². The minimum absolute atomic E-state index is 0.227. The lowest BCUT2D eigenvalue weighted by molar-refractivity contribution is 0.385. The van der Waals surface area contributed by atoms with Gasteiger partial charge in [0.2, 0.25) is 10.0 Å². The van der Waals surface area contributed by atoms with Gasteiger partial charge < -0.3 is 10.0 Å². The molecule has 0 radical (unpaired) electrons. The highest BCUT2D eigenvalue weighted by molar-refractivity contribution is 9.10. The van der Waals surface area contributed by atoms with Crippen LogP contribution in [0, 0.1) is 0 Å². The van der Waals surface area contributed by atoms with Gasteiger partial charge in [-0.1, -0.05) is 15.9 Å². The Bertz CT molecular complexity index is 768. The lowest BCUT2D eigenvalue weighted by Gasteiger charge is -2.35. The van der Waals surface area contributed by atoms with Gasteiger partial charge in [0.15, 0.2) is 0 Å². The molecule has 7 heteroatoms. The fourth-order valence-electron chi connectivity index (χ4n) is 2.61. The largest absolute Gasteiger partial charge is 0.508 e. The summed E-state index contributed by atoms with van der Waals surface area (Å²) in [4.78, 5) is 2.44. The van der Waals surface area contributed by atoms with E-state index in [1.54, 1.807) is 36.4 Å². The number of hydrogen-bond acceptors (Lipinski definition) is 4. The molecule has 1 aliphatic heterocycles. The topological polar surface area (TPSA) is 60.9 Å². The van der Waals surface area contributed by atoms with Crippen LogP contribution in [0.15, 0.2) is 57.9 Å². The molecule has 3 rings (SSSR count). The van der Waals surface area contributed by atoms with Gasteiger partial charge in [0.25, 0.3) is 0 Å². The standard InChI is InChI=1S/C16H17BrN2O3S/c17-13-1-7-16(8-2-13)23(21,22)19-11-9-18(10-12-19)14-3-5-15(20)6-4-14/h1-8,20H,9-12H2. The van der Waals surface area contributed by atoms with Gasteiger partial charge in [0.1, 0.15) is 5.75 Å². The molecule has 0 saturated carbocycles. The Morgan fingerprint density at radius 3 is 2.00 bits per heavy atom. The summed E-state index contributed by atoms with van der Waals surface area (Å²) in [7, 11) is -3.45. The summed E-state index contributed by atoms with van der Waals surface area (Å²) < 4.78 is 27.7. The average Bonchev–Trinajstić information content (AvgIpc) is 2.56. The minimum atomic E-state index is -3.45. The summed E-state index contributed by atoms with van der Waals surface area (Å²) in [6.45, 7) is 2.14. The molecule has 0 bridgehead atoms. The quantitative estimate of drug-likeness (QED) is 0.865. The van der Waals surface area contributed by atoms with Gasteiger partial charge in [-0.2, -0.15) is 4.31 Å². The lowest BCUT2D eigenvalue weighted by Crippen LogP contribution is -2.48. The van der Waals surface area contributed by atoms with Crippen molar-refractivity contribution in [2.24, 2.45) is 0 Å². The van der Waals surface area contributed by atoms with Crippen molar-refractivity contribution in [3.8, 4) is 5.75 Å². The van der Waals surface area contributed by atoms with E-state index in [0.717, 1.165) is 10.2 Å². The monoisotopic (exact) mass is 396 g/mol. The molecule has 0 aliphatic carbocycles. The molecule has 2 aromatic rings. The number of phenols is 1. The van der Waals surface area contributed by atoms with Gasteiger partial charge in [0.05, 0.1) is 4.90 Å². The Morgan fingerprint density at radius 2 is 1.43 bits per heavy atom. The number of phenolic OH excluding ortho intramolecular Hbond substituents is 1. The van der Waals surface area contributed by atoms with E-state index < -0.39 is 10.0 Å². The van der Waals surface area contributed by atoms with Crippen LogP contribution in [0.1, 0.15) is 0 Å². The van der Waals surface area contributed by atoms with Crippen molar-refractivity contribution in [1.82, 2.24) is 4.31 Å². The first-order valence-electron chi connectivity index (χ1n) is 7.26. The van der Waals surface area contributed by atoms with E-state index in [9.17, 15) is 13.5 Å². The predicted octanol–water partition coefficient (Wildman–Crippen LogP) is 2.67. The summed E-state index contributed by atoms with van der Waals surface area (Å²) in [5.74, 6) is 0.227. The van der Waals surface area contributed by atoms with E-state index in [0.29, 0.717) is 31.1 Å². The van der Waals surface area contributed by atoms with Gasteiger partial charge in [-0.15, -0.1) is 0 Å². The van der Waals surface area contributed by atoms with E-state index >= 15 is 0 Å². The Balaban J connectivity index is 1.70. The first-order chi connectivity index (χ1) is 11.0. The van der Waals surface area contributed by atoms with Crippen molar-refractivity contribution >= 4 is 31.6 Å². The third-order valence-electron chi connectivity index (χ3n) is 3.90. The SMILES string of the molecule is O=S(=O)(c1ccc(Br)cc1)N1CCN(c2ccc(O)cc2)CC1. The molecule has 0 amide bonds. The maximum Gasteiger partial charge on any atom is 0.243 e. The van der Waals surface area contributed by atoms with E-state index in [-0.39, 0.29) is 5.75 Å². The highest BCUT2D eigenvalue weighted by Gasteiger charge is 2.28. The number of piperazine rings is 1. The molecule has 23 heavy (non-hydrogen) atoms. The third-order valence-corrected chi connectivity index (χ3v) is 6.35. The van der Waals surface area contributed by atoms with Crippen molar-refractivity contribution in [2.45, 2.75) is 4.90 Å². The van der Waals surface area contributed by atoms with Gasteiger partial charge in [-0.25, -0.2) is 8.42 Å². The second-order valence-corrected chi connectivity index (χ2v) is 8.22. The number of nitrogens with zero attached hydrogens (tertiary/aromatic N) is 2. The van der Waals surface area contributed by atoms with Crippen LogP contribution < -0.4 is 4.90 Å². The van der Waals surface area contributed by atoms with E-state index in [1.807, 2.05) is 12.1 Å². The Labute approximate surface area is 144 Å². The zero-order valence-corrected chi connectivity index (χ0v) is 14.8. The first kappa shape index (κ1) is 16.3. The van der Waals surface area contributed by atoms with E-state index in [2.05, 4.69) is 20.8 Å². The average molecular weight is 397 g/mol. The van der Waals surface area contributed by atoms with Gasteiger partial charge >= 0.3 is 0 Å². The first-order valence-corrected chi connectivity index (χ1v) is 9.50. The van der Waals surface area contributed by atoms with Crippen molar-refractivity contribution in [3.05, 3.63) is 53.0 Å². The van der Waals surface area contributed by atoms with Crippen LogP contribution in [0.3, 0.4) is 0 Å². The molecule has 2 aromatic carbocycles. The number of halogens is 1. The van der Waals surface area contributed by atoms with Crippen molar-refractivity contribution in [1.29, 1.82) is 0 Å². The molecule has 0 atom stereocenters. The number of benzene rings is 2. The molecule has 0 aromatic heterocycles. The fourth-order valence-corrected chi connectivity index (χ4v) is 4.29. The van der Waals surface area contributed by atoms with Crippen molar-refractivity contribution in [3.63, 3.8) is 0 Å². The molecular formula is C16H17BrN2O3S. The Morgan fingerprint density at radius 1 is 0.870 bits per heavy atom. The number of rotatable bonds is 3. The van der Waals surface area contributed by atoms with Gasteiger partial charge in [0, 0.05) is 36.3 Å². The van der Waals surface area contributed by atoms with Crippen LogP contribution in [0.25, 0.3) is 0 Å². The number of sulfonamides is 1. The molecule has 1 N–H and O–H groups in total. The molecular weight excluding hydrogens is 380 g/mol. The molecule has 5 nitrogen and oxygen atoms in total. The number of hydrogen-bond donors (Lipinski definition) is 1. The Hall–Kier alpha value is -1.57. The van der Waals surface area contributed by atoms with E-state index in [4.69, 9.17) is 0 Å². The second-order valence-electron chi connectivity index (χ2n) is 5.36. The predicted molar refractivity (Wildman–Crippen MR) is 93.2 cm³/mol. The highest BCUT2D eigenvalue weighted by Crippen LogP contribution is 2.23. The number of anilines is 1. The van der Waals surface area contributed by atoms with Gasteiger partial charge in [-0.05, 0) is 48.5 Å². The zero-order chi connectivity index (χ0) is 16.4. The smallest absolute Gasteiger partial charge is 0.243 e.